The lowest BCUT2D eigenvalue weighted by atomic mass is 10.2. The van der Waals surface area contributed by atoms with Crippen LogP contribution in [0.1, 0.15) is 15.9 Å². The Hall–Kier alpha value is -1.33. The molecule has 0 unspecified atom stereocenters. The molecule has 0 amide bonds. The largest absolute Gasteiger partial charge is 0.755 e. The topological polar surface area (TPSA) is 26.3 Å². The Kier molecular flexibility index (Phi) is 4.99. The van der Waals surface area contributed by atoms with E-state index in [1.165, 1.54) is 6.26 Å². The summed E-state index contributed by atoms with van der Waals surface area (Å²) in [6.07, 6.45) is 1.44. The van der Waals surface area contributed by atoms with Crippen molar-refractivity contribution < 1.29 is 32.1 Å². The van der Waals surface area contributed by atoms with E-state index in [-0.39, 0.29) is 5.97 Å². The first kappa shape index (κ1) is 14.1. The summed E-state index contributed by atoms with van der Waals surface area (Å²) >= 11 is 7.93. The number of halogens is 2. The molecule has 0 aromatic heterocycles. The van der Waals surface area contributed by atoms with Crippen molar-refractivity contribution in [3.8, 4) is 0 Å². The maximum absolute atomic E-state index is 11.7. The Morgan fingerprint density at radius 2 is 1.63 bits per heavy atom. The molecule has 2 aromatic rings. The van der Waals surface area contributed by atoms with Crippen LogP contribution < -0.4 is 22.6 Å². The van der Waals surface area contributed by atoms with Gasteiger partial charge in [-0.3, -0.25) is 0 Å². The molecular formula is C15H10ClIO2-. The van der Waals surface area contributed by atoms with Crippen molar-refractivity contribution in [3.05, 3.63) is 77.0 Å². The Labute approximate surface area is 130 Å². The zero-order valence-corrected chi connectivity index (χ0v) is 12.8. The summed E-state index contributed by atoms with van der Waals surface area (Å²) in [5.74, 6) is -0.372. The van der Waals surface area contributed by atoms with E-state index in [1.807, 2.05) is 18.2 Å². The summed E-state index contributed by atoms with van der Waals surface area (Å²) in [7, 11) is 0. The fourth-order valence-corrected chi connectivity index (χ4v) is 2.04. The molecule has 0 saturated carbocycles. The molecule has 97 valence electrons. The minimum absolute atomic E-state index is 0.372. The van der Waals surface area contributed by atoms with E-state index in [9.17, 15) is 4.79 Å². The van der Waals surface area contributed by atoms with Gasteiger partial charge in [0, 0.05) is 5.02 Å². The van der Waals surface area contributed by atoms with Crippen LogP contribution in [0.4, 0.5) is 0 Å². The highest BCUT2D eigenvalue weighted by molar-refractivity contribution is 6.30. The molecule has 0 atom stereocenters. The molecule has 0 aliphatic rings. The van der Waals surface area contributed by atoms with E-state index in [1.54, 1.807) is 36.4 Å². The second-order valence-electron chi connectivity index (χ2n) is 3.74. The summed E-state index contributed by atoms with van der Waals surface area (Å²) < 4.78 is 5.97. The lowest BCUT2D eigenvalue weighted by Gasteiger charge is -2.12. The molecule has 2 rings (SSSR count). The average molecular weight is 385 g/mol. The lowest BCUT2D eigenvalue weighted by Crippen LogP contribution is -3.32. The summed E-state index contributed by atoms with van der Waals surface area (Å²) in [5.41, 5.74) is 1.48. The molecule has 0 fully saturated rings. The number of hydrogen-bond acceptors (Lipinski definition) is 2. The first-order valence-electron chi connectivity index (χ1n) is 5.54. The third kappa shape index (κ3) is 4.08. The molecular weight excluding hydrogens is 375 g/mol. The van der Waals surface area contributed by atoms with Gasteiger partial charge in [-0.2, -0.15) is 0 Å². The van der Waals surface area contributed by atoms with Crippen LogP contribution in [0.5, 0.6) is 0 Å². The van der Waals surface area contributed by atoms with E-state index < -0.39 is 0 Å². The summed E-state index contributed by atoms with van der Waals surface area (Å²) in [4.78, 5) is 11.7. The Bertz CT molecular complexity index is 591. The fraction of sp³-hybridized carbons (Fsp3) is 0. The molecule has 0 saturated heterocycles. The third-order valence-electron chi connectivity index (χ3n) is 2.40. The number of carbonyl (C=O) groups is 1. The van der Waals surface area contributed by atoms with Gasteiger partial charge in [0.25, 0.3) is 0 Å². The SMILES string of the molecule is O=C(O/C=C(\[I-])c1ccc(Cl)cc1)c1ccccc1. The van der Waals surface area contributed by atoms with Gasteiger partial charge in [0.05, 0.1) is 11.8 Å². The van der Waals surface area contributed by atoms with Crippen molar-refractivity contribution in [1.82, 2.24) is 0 Å². The minimum Gasteiger partial charge on any atom is -0.755 e. The van der Waals surface area contributed by atoms with Gasteiger partial charge in [0.1, 0.15) is 0 Å². The molecule has 0 heterocycles. The van der Waals surface area contributed by atoms with E-state index in [2.05, 4.69) is 22.6 Å². The number of carbonyl (C=O) groups excluding carboxylic acids is 1. The normalized spacial score (nSPS) is 11.2. The van der Waals surface area contributed by atoms with Gasteiger partial charge in [0.2, 0.25) is 0 Å². The summed E-state index contributed by atoms with van der Waals surface area (Å²) in [6.45, 7) is 0. The van der Waals surface area contributed by atoms with Gasteiger partial charge in [-0.05, 0) is 29.8 Å². The van der Waals surface area contributed by atoms with Crippen LogP contribution in [0.3, 0.4) is 0 Å². The molecule has 0 aliphatic carbocycles. The summed E-state index contributed by atoms with van der Waals surface area (Å²) in [6, 6.07) is 16.2. The van der Waals surface area contributed by atoms with Gasteiger partial charge >= 0.3 is 5.97 Å². The Morgan fingerprint density at radius 3 is 2.26 bits per heavy atom. The predicted molar refractivity (Wildman–Crippen MR) is 71.3 cm³/mol. The number of ether oxygens (including phenoxy) is 1. The Balaban J connectivity index is 2.06. The maximum atomic E-state index is 11.7. The van der Waals surface area contributed by atoms with Crippen molar-refractivity contribution in [2.24, 2.45) is 0 Å². The summed E-state index contributed by atoms with van der Waals surface area (Å²) in [5, 5.41) is 0.675. The second-order valence-corrected chi connectivity index (χ2v) is 5.34. The predicted octanol–water partition coefficient (Wildman–Crippen LogP) is 1.05. The van der Waals surface area contributed by atoms with Crippen LogP contribution in [-0.4, -0.2) is 5.97 Å². The van der Waals surface area contributed by atoms with Crippen molar-refractivity contribution in [1.29, 1.82) is 0 Å². The van der Waals surface area contributed by atoms with E-state index >= 15 is 0 Å². The van der Waals surface area contributed by atoms with E-state index in [4.69, 9.17) is 16.3 Å². The van der Waals surface area contributed by atoms with Crippen molar-refractivity contribution in [3.63, 3.8) is 0 Å². The van der Waals surface area contributed by atoms with E-state index in [0.29, 0.717) is 10.6 Å². The molecule has 19 heavy (non-hydrogen) atoms. The highest BCUT2D eigenvalue weighted by Gasteiger charge is 2.03. The molecule has 2 nitrogen and oxygen atoms in total. The molecule has 0 N–H and O–H groups in total. The van der Waals surface area contributed by atoms with Crippen LogP contribution >= 0.6 is 11.6 Å². The highest BCUT2D eigenvalue weighted by Crippen LogP contribution is 2.12. The van der Waals surface area contributed by atoms with Crippen LogP contribution in [0.15, 0.2) is 60.9 Å². The Morgan fingerprint density at radius 1 is 1.00 bits per heavy atom. The van der Waals surface area contributed by atoms with Gasteiger partial charge in [-0.1, -0.05) is 41.9 Å². The quantitative estimate of drug-likeness (QED) is 0.449. The monoisotopic (exact) mass is 384 g/mol. The molecule has 1 radical (unpaired) electrons. The smallest absolute Gasteiger partial charge is 0.342 e. The van der Waals surface area contributed by atoms with Gasteiger partial charge in [0.15, 0.2) is 0 Å². The van der Waals surface area contributed by atoms with Crippen LogP contribution in [0.25, 0.3) is 3.58 Å². The van der Waals surface area contributed by atoms with Gasteiger partial charge in [-0.25, -0.2) is 4.79 Å². The molecule has 0 spiro atoms. The molecule has 2 aromatic carbocycles. The van der Waals surface area contributed by atoms with Crippen molar-refractivity contribution in [2.75, 3.05) is 0 Å². The molecule has 0 bridgehead atoms. The van der Waals surface area contributed by atoms with Crippen LogP contribution in [-0.2, 0) is 4.74 Å². The van der Waals surface area contributed by atoms with Crippen LogP contribution in [0.2, 0.25) is 5.02 Å². The zero-order chi connectivity index (χ0) is 13.7. The molecule has 0 aliphatic heterocycles. The standard InChI is InChI=1S/C15H10ClIO2/c16-13-8-6-11(7-9-13)14(17)10-19-15(18)12-4-2-1-3-5-12/h1-10H/q-1/b14-10-. The van der Waals surface area contributed by atoms with Crippen molar-refractivity contribution >= 4 is 21.2 Å². The maximum Gasteiger partial charge on any atom is 0.342 e. The first-order chi connectivity index (χ1) is 9.16. The molecule has 4 heteroatoms. The zero-order valence-electron chi connectivity index (χ0n) is 9.85. The van der Waals surface area contributed by atoms with Crippen molar-refractivity contribution in [2.45, 2.75) is 0 Å². The average Bonchev–Trinajstić information content (AvgIpc) is 2.46. The fourth-order valence-electron chi connectivity index (χ4n) is 1.42. The minimum atomic E-state index is -0.372. The first-order valence-corrected chi connectivity index (χ1v) is 7.00. The second kappa shape index (κ2) is 6.73. The van der Waals surface area contributed by atoms with Crippen LogP contribution in [0, 0.1) is 0 Å². The number of hydrogen-bond donors (Lipinski definition) is 0. The lowest BCUT2D eigenvalue weighted by molar-refractivity contribution is -0.245. The van der Waals surface area contributed by atoms with Gasteiger partial charge < -0.3 is 27.3 Å². The number of esters is 1. The highest BCUT2D eigenvalue weighted by atomic mass is 127. The van der Waals surface area contributed by atoms with Gasteiger partial charge in [-0.15, -0.1) is 3.58 Å². The number of benzene rings is 2. The number of rotatable bonds is 3. The van der Waals surface area contributed by atoms with E-state index in [0.717, 1.165) is 9.14 Å². The third-order valence-corrected chi connectivity index (χ3v) is 3.53.